The van der Waals surface area contributed by atoms with Gasteiger partial charge in [-0.25, -0.2) is 0 Å². The molecule has 1 atom stereocenters. The number of halogens is 2. The van der Waals surface area contributed by atoms with E-state index in [1.807, 2.05) is 18.2 Å². The van der Waals surface area contributed by atoms with Gasteiger partial charge >= 0.3 is 0 Å². The fraction of sp³-hybridized carbons (Fsp3) is 0.200. The molecule has 94 valence electrons. The van der Waals surface area contributed by atoms with E-state index in [9.17, 15) is 0 Å². The monoisotopic (exact) mass is 371 g/mol. The van der Waals surface area contributed by atoms with Crippen LogP contribution in [-0.4, -0.2) is 0 Å². The van der Waals surface area contributed by atoms with Gasteiger partial charge in [-0.3, -0.25) is 0 Å². The van der Waals surface area contributed by atoms with Crippen LogP contribution in [0.4, 0.5) is 0 Å². The Labute approximate surface area is 126 Å². The molecule has 1 unspecified atom stereocenters. The van der Waals surface area contributed by atoms with Crippen molar-refractivity contribution in [3.8, 4) is 0 Å². The van der Waals surface area contributed by atoms with Gasteiger partial charge in [0.1, 0.15) is 0 Å². The van der Waals surface area contributed by atoms with Crippen molar-refractivity contribution >= 4 is 34.2 Å². The summed E-state index contributed by atoms with van der Waals surface area (Å²) in [5.41, 5.74) is 9.85. The highest BCUT2D eigenvalue weighted by Crippen LogP contribution is 2.23. The zero-order valence-electron chi connectivity index (χ0n) is 10.2. The first kappa shape index (κ1) is 13.8. The molecule has 2 rings (SSSR count). The standard InChI is InChI=1S/C15H15ClIN/c1-10-8-12(16)4-7-14(10)15(18)9-11-2-5-13(17)6-3-11/h2-8,15H,9,18H2,1H3. The van der Waals surface area contributed by atoms with Crippen molar-refractivity contribution in [1.29, 1.82) is 0 Å². The first-order valence-corrected chi connectivity index (χ1v) is 7.28. The molecule has 0 fully saturated rings. The third-order valence-electron chi connectivity index (χ3n) is 3.00. The SMILES string of the molecule is Cc1cc(Cl)ccc1C(N)Cc1ccc(I)cc1. The predicted octanol–water partition coefficient (Wildman–Crippen LogP) is 4.50. The van der Waals surface area contributed by atoms with Crippen LogP contribution in [0.1, 0.15) is 22.7 Å². The quantitative estimate of drug-likeness (QED) is 0.790. The summed E-state index contributed by atoms with van der Waals surface area (Å²) in [6, 6.07) is 14.4. The molecule has 0 amide bonds. The summed E-state index contributed by atoms with van der Waals surface area (Å²) in [5.74, 6) is 0. The average Bonchev–Trinajstić information content (AvgIpc) is 2.32. The molecule has 18 heavy (non-hydrogen) atoms. The second-order valence-electron chi connectivity index (χ2n) is 4.44. The molecule has 0 aliphatic carbocycles. The molecule has 0 bridgehead atoms. The first-order chi connectivity index (χ1) is 8.56. The molecule has 0 aliphatic heterocycles. The van der Waals surface area contributed by atoms with Gasteiger partial charge in [-0.1, -0.05) is 29.8 Å². The average molecular weight is 372 g/mol. The predicted molar refractivity (Wildman–Crippen MR) is 86.0 cm³/mol. The summed E-state index contributed by atoms with van der Waals surface area (Å²) in [4.78, 5) is 0. The van der Waals surface area contributed by atoms with Crippen molar-refractivity contribution in [2.75, 3.05) is 0 Å². The van der Waals surface area contributed by atoms with Gasteiger partial charge in [0.05, 0.1) is 0 Å². The number of nitrogens with two attached hydrogens (primary N) is 1. The lowest BCUT2D eigenvalue weighted by atomic mass is 9.96. The summed E-state index contributed by atoms with van der Waals surface area (Å²) in [6.07, 6.45) is 0.847. The molecule has 2 aromatic carbocycles. The van der Waals surface area contributed by atoms with Gasteiger partial charge in [-0.2, -0.15) is 0 Å². The number of benzene rings is 2. The van der Waals surface area contributed by atoms with Crippen LogP contribution >= 0.6 is 34.2 Å². The molecule has 0 heterocycles. The first-order valence-electron chi connectivity index (χ1n) is 5.82. The van der Waals surface area contributed by atoms with E-state index in [-0.39, 0.29) is 6.04 Å². The molecule has 0 aliphatic rings. The van der Waals surface area contributed by atoms with Crippen LogP contribution in [0.5, 0.6) is 0 Å². The Kier molecular flexibility index (Phi) is 4.65. The van der Waals surface area contributed by atoms with Crippen LogP contribution in [0.25, 0.3) is 0 Å². The highest BCUT2D eigenvalue weighted by atomic mass is 127. The maximum absolute atomic E-state index is 6.27. The summed E-state index contributed by atoms with van der Waals surface area (Å²) in [5, 5.41) is 0.762. The third kappa shape index (κ3) is 3.46. The van der Waals surface area contributed by atoms with E-state index >= 15 is 0 Å². The van der Waals surface area contributed by atoms with Gasteiger partial charge in [-0.15, -0.1) is 0 Å². The normalized spacial score (nSPS) is 12.4. The molecule has 2 N–H and O–H groups in total. The minimum absolute atomic E-state index is 0.0160. The Morgan fingerprint density at radius 2 is 1.83 bits per heavy atom. The van der Waals surface area contributed by atoms with Crippen molar-refractivity contribution in [3.05, 3.63) is 67.7 Å². The summed E-state index contributed by atoms with van der Waals surface area (Å²) in [7, 11) is 0. The number of hydrogen-bond donors (Lipinski definition) is 1. The van der Waals surface area contributed by atoms with Gasteiger partial charge in [0, 0.05) is 14.6 Å². The molecule has 0 radical (unpaired) electrons. The third-order valence-corrected chi connectivity index (χ3v) is 3.95. The highest BCUT2D eigenvalue weighted by Gasteiger charge is 2.10. The fourth-order valence-corrected chi connectivity index (χ4v) is 2.63. The molecule has 2 aromatic rings. The lowest BCUT2D eigenvalue weighted by Gasteiger charge is -2.15. The summed E-state index contributed by atoms with van der Waals surface area (Å²) in [6.45, 7) is 2.05. The van der Waals surface area contributed by atoms with E-state index in [0.717, 1.165) is 22.6 Å². The highest BCUT2D eigenvalue weighted by molar-refractivity contribution is 14.1. The number of rotatable bonds is 3. The molecule has 0 saturated carbocycles. The van der Waals surface area contributed by atoms with E-state index in [2.05, 4.69) is 53.8 Å². The maximum atomic E-state index is 6.27. The Hall–Kier alpha value is -0.580. The topological polar surface area (TPSA) is 26.0 Å². The van der Waals surface area contributed by atoms with Crippen molar-refractivity contribution < 1.29 is 0 Å². The van der Waals surface area contributed by atoms with Crippen LogP contribution in [-0.2, 0) is 6.42 Å². The molecule has 0 aromatic heterocycles. The minimum Gasteiger partial charge on any atom is -0.324 e. The van der Waals surface area contributed by atoms with Crippen molar-refractivity contribution in [2.45, 2.75) is 19.4 Å². The zero-order chi connectivity index (χ0) is 13.1. The Morgan fingerprint density at radius 1 is 1.17 bits per heavy atom. The van der Waals surface area contributed by atoms with Crippen LogP contribution in [0.2, 0.25) is 5.02 Å². The van der Waals surface area contributed by atoms with E-state index in [1.165, 1.54) is 9.13 Å². The maximum Gasteiger partial charge on any atom is 0.0408 e. The van der Waals surface area contributed by atoms with E-state index < -0.39 is 0 Å². The van der Waals surface area contributed by atoms with E-state index in [4.69, 9.17) is 17.3 Å². The molecular weight excluding hydrogens is 357 g/mol. The van der Waals surface area contributed by atoms with Gasteiger partial charge in [0.2, 0.25) is 0 Å². The van der Waals surface area contributed by atoms with Gasteiger partial charge in [-0.05, 0) is 76.9 Å². The summed E-state index contributed by atoms with van der Waals surface area (Å²) >= 11 is 8.26. The smallest absolute Gasteiger partial charge is 0.0408 e. The van der Waals surface area contributed by atoms with Gasteiger partial charge < -0.3 is 5.73 Å². The number of hydrogen-bond acceptors (Lipinski definition) is 1. The summed E-state index contributed by atoms with van der Waals surface area (Å²) < 4.78 is 1.24. The largest absolute Gasteiger partial charge is 0.324 e. The fourth-order valence-electron chi connectivity index (χ4n) is 2.04. The van der Waals surface area contributed by atoms with Crippen molar-refractivity contribution in [2.24, 2.45) is 5.73 Å². The molecule has 0 saturated heterocycles. The van der Waals surface area contributed by atoms with Crippen molar-refractivity contribution in [1.82, 2.24) is 0 Å². The minimum atomic E-state index is 0.0160. The van der Waals surface area contributed by atoms with Gasteiger partial charge in [0.25, 0.3) is 0 Å². The van der Waals surface area contributed by atoms with Crippen LogP contribution in [0, 0.1) is 10.5 Å². The van der Waals surface area contributed by atoms with Crippen LogP contribution < -0.4 is 5.73 Å². The van der Waals surface area contributed by atoms with Crippen LogP contribution in [0.3, 0.4) is 0 Å². The van der Waals surface area contributed by atoms with E-state index in [1.54, 1.807) is 0 Å². The molecule has 0 spiro atoms. The molecule has 1 nitrogen and oxygen atoms in total. The lowest BCUT2D eigenvalue weighted by molar-refractivity contribution is 0.716. The zero-order valence-corrected chi connectivity index (χ0v) is 13.1. The van der Waals surface area contributed by atoms with Crippen LogP contribution in [0.15, 0.2) is 42.5 Å². The Bertz CT molecular complexity index is 537. The van der Waals surface area contributed by atoms with E-state index in [0.29, 0.717) is 0 Å². The Balaban J connectivity index is 2.16. The lowest BCUT2D eigenvalue weighted by Crippen LogP contribution is -2.14. The molecule has 3 heteroatoms. The van der Waals surface area contributed by atoms with Gasteiger partial charge in [0.15, 0.2) is 0 Å². The van der Waals surface area contributed by atoms with Crippen molar-refractivity contribution in [3.63, 3.8) is 0 Å². The second kappa shape index (κ2) is 6.04. The Morgan fingerprint density at radius 3 is 2.44 bits per heavy atom. The number of aryl methyl sites for hydroxylation is 1. The second-order valence-corrected chi connectivity index (χ2v) is 6.12. The molecular formula is C15H15ClIN.